The van der Waals surface area contributed by atoms with Crippen molar-refractivity contribution in [2.24, 2.45) is 0 Å². The number of nitrogens with one attached hydrogen (secondary N) is 1. The van der Waals surface area contributed by atoms with Crippen LogP contribution in [0.5, 0.6) is 11.5 Å². The monoisotopic (exact) mass is 283 g/mol. The molecular formula is C16H13NO4. The van der Waals surface area contributed by atoms with Gasteiger partial charge in [-0.15, -0.1) is 0 Å². The number of rotatable bonds is 3. The first kappa shape index (κ1) is 13.2. The summed E-state index contributed by atoms with van der Waals surface area (Å²) < 4.78 is 10.6. The summed E-state index contributed by atoms with van der Waals surface area (Å²) in [6, 6.07) is 12.0. The summed E-state index contributed by atoms with van der Waals surface area (Å²) >= 11 is 0. The van der Waals surface area contributed by atoms with E-state index in [0.29, 0.717) is 28.3 Å². The standard InChI is InChI=1S/C16H13NO4/c1-10(18)11-5-2-3-7-13(11)17-16(19)12-6-4-8-14-15(12)21-9-20-14/h2-8H,9H2,1H3,(H,17,19). The first-order chi connectivity index (χ1) is 10.2. The fraction of sp³-hybridized carbons (Fsp3) is 0.125. The molecule has 0 bridgehead atoms. The van der Waals surface area contributed by atoms with Crippen molar-refractivity contribution in [1.82, 2.24) is 0 Å². The third-order valence-electron chi connectivity index (χ3n) is 3.20. The molecule has 0 radical (unpaired) electrons. The maximum absolute atomic E-state index is 12.4. The van der Waals surface area contributed by atoms with E-state index in [4.69, 9.17) is 9.47 Å². The van der Waals surface area contributed by atoms with Gasteiger partial charge in [-0.3, -0.25) is 9.59 Å². The quantitative estimate of drug-likeness (QED) is 0.880. The Morgan fingerprint density at radius 3 is 2.57 bits per heavy atom. The van der Waals surface area contributed by atoms with Gasteiger partial charge in [0.1, 0.15) is 0 Å². The van der Waals surface area contributed by atoms with Gasteiger partial charge in [-0.1, -0.05) is 18.2 Å². The lowest BCUT2D eigenvalue weighted by molar-refractivity contribution is 0.101. The van der Waals surface area contributed by atoms with Crippen LogP contribution in [0.3, 0.4) is 0 Å². The van der Waals surface area contributed by atoms with Crippen LogP contribution in [0, 0.1) is 0 Å². The minimum absolute atomic E-state index is 0.101. The highest BCUT2D eigenvalue weighted by Gasteiger charge is 2.22. The number of anilines is 1. The van der Waals surface area contributed by atoms with Crippen LogP contribution in [0.1, 0.15) is 27.6 Å². The number of Topliss-reactive ketones (excluding diaryl/α,β-unsaturated/α-hetero) is 1. The first-order valence-corrected chi connectivity index (χ1v) is 6.47. The number of hydrogen-bond acceptors (Lipinski definition) is 4. The van der Waals surface area contributed by atoms with Crippen molar-refractivity contribution < 1.29 is 19.1 Å². The van der Waals surface area contributed by atoms with Gasteiger partial charge in [-0.2, -0.15) is 0 Å². The molecular weight excluding hydrogens is 270 g/mol. The van der Waals surface area contributed by atoms with E-state index in [1.807, 2.05) is 0 Å². The fourth-order valence-electron chi connectivity index (χ4n) is 2.20. The summed E-state index contributed by atoms with van der Waals surface area (Å²) in [6.45, 7) is 1.56. The van der Waals surface area contributed by atoms with Crippen molar-refractivity contribution in [2.45, 2.75) is 6.92 Å². The molecule has 3 rings (SSSR count). The zero-order valence-electron chi connectivity index (χ0n) is 11.4. The highest BCUT2D eigenvalue weighted by Crippen LogP contribution is 2.35. The molecule has 0 aliphatic carbocycles. The number of fused-ring (bicyclic) bond motifs is 1. The molecule has 0 spiro atoms. The van der Waals surface area contributed by atoms with Crippen LogP contribution in [0.25, 0.3) is 0 Å². The summed E-state index contributed by atoms with van der Waals surface area (Å²) in [5.74, 6) is 0.521. The Hall–Kier alpha value is -2.82. The molecule has 0 atom stereocenters. The van der Waals surface area contributed by atoms with E-state index in [1.54, 1.807) is 42.5 Å². The fourth-order valence-corrected chi connectivity index (χ4v) is 2.20. The molecule has 1 N–H and O–H groups in total. The van der Waals surface area contributed by atoms with Crippen LogP contribution in [-0.2, 0) is 0 Å². The number of amides is 1. The van der Waals surface area contributed by atoms with Crippen molar-refractivity contribution in [3.05, 3.63) is 53.6 Å². The van der Waals surface area contributed by atoms with Crippen LogP contribution >= 0.6 is 0 Å². The summed E-state index contributed by atoms with van der Waals surface area (Å²) in [6.07, 6.45) is 0. The third-order valence-corrected chi connectivity index (χ3v) is 3.20. The second-order valence-corrected chi connectivity index (χ2v) is 4.60. The molecule has 5 heteroatoms. The van der Waals surface area contributed by atoms with E-state index >= 15 is 0 Å². The van der Waals surface area contributed by atoms with E-state index < -0.39 is 0 Å². The molecule has 21 heavy (non-hydrogen) atoms. The average Bonchev–Trinajstić information content (AvgIpc) is 2.95. The Kier molecular flexibility index (Phi) is 3.31. The largest absolute Gasteiger partial charge is 0.454 e. The molecule has 1 heterocycles. The smallest absolute Gasteiger partial charge is 0.259 e. The van der Waals surface area contributed by atoms with Crippen LogP contribution in [0.4, 0.5) is 5.69 Å². The van der Waals surface area contributed by atoms with Crippen molar-refractivity contribution >= 4 is 17.4 Å². The Balaban J connectivity index is 1.92. The molecule has 2 aromatic rings. The number of ether oxygens (including phenoxy) is 2. The van der Waals surface area contributed by atoms with Crippen molar-refractivity contribution in [3.63, 3.8) is 0 Å². The minimum atomic E-state index is -0.342. The van der Waals surface area contributed by atoms with Crippen LogP contribution in [-0.4, -0.2) is 18.5 Å². The Labute approximate surface area is 121 Å². The average molecular weight is 283 g/mol. The Morgan fingerprint density at radius 1 is 1.00 bits per heavy atom. The van der Waals surface area contributed by atoms with Crippen molar-refractivity contribution in [2.75, 3.05) is 12.1 Å². The normalized spacial score (nSPS) is 12.0. The second-order valence-electron chi connectivity index (χ2n) is 4.60. The van der Waals surface area contributed by atoms with Gasteiger partial charge in [-0.25, -0.2) is 0 Å². The number of carbonyl (C=O) groups excluding carboxylic acids is 2. The van der Waals surface area contributed by atoms with Gasteiger partial charge in [-0.05, 0) is 31.2 Å². The second kappa shape index (κ2) is 5.28. The summed E-state index contributed by atoms with van der Waals surface area (Å²) in [5.41, 5.74) is 1.32. The molecule has 1 amide bonds. The highest BCUT2D eigenvalue weighted by molar-refractivity contribution is 6.10. The molecule has 1 aliphatic heterocycles. The molecule has 0 aromatic heterocycles. The summed E-state index contributed by atoms with van der Waals surface area (Å²) in [5, 5.41) is 2.74. The predicted octanol–water partition coefficient (Wildman–Crippen LogP) is 2.87. The van der Waals surface area contributed by atoms with Gasteiger partial charge in [0.05, 0.1) is 11.3 Å². The van der Waals surface area contributed by atoms with Crippen LogP contribution in [0.15, 0.2) is 42.5 Å². The zero-order valence-corrected chi connectivity index (χ0v) is 11.4. The van der Waals surface area contributed by atoms with Gasteiger partial charge in [0.25, 0.3) is 5.91 Å². The topological polar surface area (TPSA) is 64.6 Å². The molecule has 2 aromatic carbocycles. The van der Waals surface area contributed by atoms with Gasteiger partial charge in [0.2, 0.25) is 6.79 Å². The number of hydrogen-bond donors (Lipinski definition) is 1. The van der Waals surface area contributed by atoms with E-state index in [9.17, 15) is 9.59 Å². The van der Waals surface area contributed by atoms with Crippen LogP contribution < -0.4 is 14.8 Å². The van der Waals surface area contributed by atoms with Crippen LogP contribution in [0.2, 0.25) is 0 Å². The summed E-state index contributed by atoms with van der Waals surface area (Å²) in [4.78, 5) is 24.0. The number of carbonyl (C=O) groups is 2. The number of benzene rings is 2. The van der Waals surface area contributed by atoms with Gasteiger partial charge < -0.3 is 14.8 Å². The molecule has 0 saturated heterocycles. The number of ketones is 1. The maximum Gasteiger partial charge on any atom is 0.259 e. The number of para-hydroxylation sites is 2. The molecule has 5 nitrogen and oxygen atoms in total. The molecule has 0 saturated carbocycles. The van der Waals surface area contributed by atoms with Gasteiger partial charge in [0.15, 0.2) is 17.3 Å². The van der Waals surface area contributed by atoms with E-state index in [1.165, 1.54) is 6.92 Å². The van der Waals surface area contributed by atoms with Gasteiger partial charge >= 0.3 is 0 Å². The van der Waals surface area contributed by atoms with Gasteiger partial charge in [0, 0.05) is 5.56 Å². The maximum atomic E-state index is 12.4. The molecule has 106 valence electrons. The zero-order chi connectivity index (χ0) is 14.8. The Morgan fingerprint density at radius 2 is 1.76 bits per heavy atom. The molecule has 1 aliphatic rings. The molecule has 0 unspecified atom stereocenters. The third kappa shape index (κ3) is 2.45. The lowest BCUT2D eigenvalue weighted by Gasteiger charge is -2.10. The lowest BCUT2D eigenvalue weighted by atomic mass is 10.1. The summed E-state index contributed by atoms with van der Waals surface area (Å²) in [7, 11) is 0. The SMILES string of the molecule is CC(=O)c1ccccc1NC(=O)c1cccc2c1OCO2. The Bertz CT molecular complexity index is 724. The minimum Gasteiger partial charge on any atom is -0.454 e. The first-order valence-electron chi connectivity index (χ1n) is 6.47. The van der Waals surface area contributed by atoms with E-state index in [2.05, 4.69) is 5.32 Å². The van der Waals surface area contributed by atoms with E-state index in [-0.39, 0.29) is 18.5 Å². The van der Waals surface area contributed by atoms with Crippen molar-refractivity contribution in [3.8, 4) is 11.5 Å². The lowest BCUT2D eigenvalue weighted by Crippen LogP contribution is -2.15. The van der Waals surface area contributed by atoms with Crippen molar-refractivity contribution in [1.29, 1.82) is 0 Å². The molecule has 0 fully saturated rings. The highest BCUT2D eigenvalue weighted by atomic mass is 16.7. The van der Waals surface area contributed by atoms with E-state index in [0.717, 1.165) is 0 Å². The predicted molar refractivity (Wildman–Crippen MR) is 77.0 cm³/mol.